The zero-order valence-electron chi connectivity index (χ0n) is 14.5. The summed E-state index contributed by atoms with van der Waals surface area (Å²) in [6.07, 6.45) is 9.91. The summed E-state index contributed by atoms with van der Waals surface area (Å²) >= 11 is 0. The SMILES string of the molecule is O=C(N[C@@H]1C[C@H]1c1cnn(-c2ccccc2)c1)c1cnc2n1CCCC2. The molecule has 0 spiro atoms. The van der Waals surface area contributed by atoms with Crippen LogP contribution in [-0.4, -0.2) is 31.3 Å². The Labute approximate surface area is 151 Å². The minimum Gasteiger partial charge on any atom is -0.347 e. The number of benzene rings is 1. The molecule has 2 aliphatic rings. The average Bonchev–Trinajstić information content (AvgIpc) is 3.11. The molecule has 1 amide bonds. The first-order chi connectivity index (χ1) is 12.8. The van der Waals surface area contributed by atoms with E-state index in [0.29, 0.717) is 11.6 Å². The third-order valence-electron chi connectivity index (χ3n) is 5.36. The van der Waals surface area contributed by atoms with Gasteiger partial charge in [0, 0.05) is 31.1 Å². The molecule has 1 aliphatic carbocycles. The van der Waals surface area contributed by atoms with E-state index in [9.17, 15) is 4.79 Å². The molecule has 0 unspecified atom stereocenters. The van der Waals surface area contributed by atoms with Crippen molar-refractivity contribution >= 4 is 5.91 Å². The van der Waals surface area contributed by atoms with Gasteiger partial charge < -0.3 is 9.88 Å². The van der Waals surface area contributed by atoms with Crippen molar-refractivity contribution in [3.8, 4) is 5.69 Å². The van der Waals surface area contributed by atoms with Crippen molar-refractivity contribution in [2.45, 2.75) is 44.2 Å². The number of imidazole rings is 1. The Morgan fingerprint density at radius 2 is 2.04 bits per heavy atom. The lowest BCUT2D eigenvalue weighted by atomic mass is 10.1. The number of fused-ring (bicyclic) bond motifs is 1. The molecular formula is C20H21N5O. The van der Waals surface area contributed by atoms with Crippen LogP contribution in [0.2, 0.25) is 0 Å². The Hall–Kier alpha value is -2.89. The summed E-state index contributed by atoms with van der Waals surface area (Å²) < 4.78 is 3.96. The van der Waals surface area contributed by atoms with Crippen molar-refractivity contribution < 1.29 is 4.79 Å². The van der Waals surface area contributed by atoms with E-state index in [-0.39, 0.29) is 11.9 Å². The maximum atomic E-state index is 12.6. The lowest BCUT2D eigenvalue weighted by Gasteiger charge is -2.16. The van der Waals surface area contributed by atoms with E-state index in [1.165, 1.54) is 5.56 Å². The molecule has 1 aliphatic heterocycles. The van der Waals surface area contributed by atoms with Gasteiger partial charge in [0.2, 0.25) is 0 Å². The first kappa shape index (κ1) is 15.4. The normalized spacial score (nSPS) is 21.2. The van der Waals surface area contributed by atoms with Crippen molar-refractivity contribution in [1.82, 2.24) is 24.6 Å². The van der Waals surface area contributed by atoms with Crippen LogP contribution in [0.25, 0.3) is 5.69 Å². The lowest BCUT2D eigenvalue weighted by Crippen LogP contribution is -2.29. The minimum atomic E-state index is -0.00592. The van der Waals surface area contributed by atoms with E-state index in [0.717, 1.165) is 43.7 Å². The number of nitrogens with zero attached hydrogens (tertiary/aromatic N) is 4. The van der Waals surface area contributed by atoms with E-state index in [1.807, 2.05) is 41.2 Å². The minimum absolute atomic E-state index is 0.00592. The van der Waals surface area contributed by atoms with E-state index < -0.39 is 0 Å². The molecule has 3 aromatic rings. The Kier molecular flexibility index (Phi) is 3.62. The van der Waals surface area contributed by atoms with Crippen LogP contribution < -0.4 is 5.32 Å². The van der Waals surface area contributed by atoms with Gasteiger partial charge in [-0.1, -0.05) is 18.2 Å². The quantitative estimate of drug-likeness (QED) is 0.789. The Morgan fingerprint density at radius 1 is 1.15 bits per heavy atom. The first-order valence-electron chi connectivity index (χ1n) is 9.25. The second-order valence-electron chi connectivity index (χ2n) is 7.14. The highest BCUT2D eigenvalue weighted by Crippen LogP contribution is 2.41. The number of para-hydroxylation sites is 1. The van der Waals surface area contributed by atoms with Crippen molar-refractivity contribution in [2.75, 3.05) is 0 Å². The summed E-state index contributed by atoms with van der Waals surface area (Å²) in [5.41, 5.74) is 2.92. The van der Waals surface area contributed by atoms with Gasteiger partial charge in [-0.05, 0) is 37.0 Å². The van der Waals surface area contributed by atoms with Gasteiger partial charge in [0.25, 0.3) is 5.91 Å². The molecule has 1 fully saturated rings. The Bertz CT molecular complexity index is 942. The third kappa shape index (κ3) is 2.71. The monoisotopic (exact) mass is 347 g/mol. The zero-order valence-corrected chi connectivity index (χ0v) is 14.5. The maximum Gasteiger partial charge on any atom is 0.269 e. The summed E-state index contributed by atoms with van der Waals surface area (Å²) in [7, 11) is 0. The fourth-order valence-corrected chi connectivity index (χ4v) is 3.81. The molecule has 5 rings (SSSR count). The van der Waals surface area contributed by atoms with Crippen LogP contribution in [0.5, 0.6) is 0 Å². The van der Waals surface area contributed by atoms with Gasteiger partial charge in [-0.15, -0.1) is 0 Å². The van der Waals surface area contributed by atoms with Crippen molar-refractivity contribution in [3.05, 3.63) is 66.0 Å². The third-order valence-corrected chi connectivity index (χ3v) is 5.36. The fourth-order valence-electron chi connectivity index (χ4n) is 3.81. The largest absolute Gasteiger partial charge is 0.347 e. The van der Waals surface area contributed by atoms with Gasteiger partial charge in [-0.2, -0.15) is 5.10 Å². The van der Waals surface area contributed by atoms with Crippen molar-refractivity contribution in [3.63, 3.8) is 0 Å². The van der Waals surface area contributed by atoms with Gasteiger partial charge in [-0.25, -0.2) is 9.67 Å². The summed E-state index contributed by atoms with van der Waals surface area (Å²) in [6, 6.07) is 10.3. The second kappa shape index (κ2) is 6.12. The Balaban J connectivity index is 1.26. The zero-order chi connectivity index (χ0) is 17.5. The highest BCUT2D eigenvalue weighted by molar-refractivity contribution is 5.93. The van der Waals surface area contributed by atoms with Gasteiger partial charge >= 0.3 is 0 Å². The average molecular weight is 347 g/mol. The van der Waals surface area contributed by atoms with Gasteiger partial charge in [0.05, 0.1) is 18.1 Å². The molecule has 1 saturated carbocycles. The number of amides is 1. The maximum absolute atomic E-state index is 12.6. The molecule has 3 heterocycles. The summed E-state index contributed by atoms with van der Waals surface area (Å²) in [5.74, 6) is 1.38. The van der Waals surface area contributed by atoms with E-state index in [2.05, 4.69) is 26.2 Å². The van der Waals surface area contributed by atoms with Crippen LogP contribution in [0.4, 0.5) is 0 Å². The topological polar surface area (TPSA) is 64.7 Å². The molecule has 0 saturated heterocycles. The molecular weight excluding hydrogens is 326 g/mol. The molecule has 2 aromatic heterocycles. The molecule has 6 heteroatoms. The number of carbonyl (C=O) groups is 1. The number of carbonyl (C=O) groups excluding carboxylic acids is 1. The number of hydrogen-bond donors (Lipinski definition) is 1. The molecule has 0 radical (unpaired) electrons. The van der Waals surface area contributed by atoms with Crippen LogP contribution in [0.15, 0.2) is 48.9 Å². The summed E-state index contributed by atoms with van der Waals surface area (Å²) in [4.78, 5) is 17.0. The molecule has 26 heavy (non-hydrogen) atoms. The smallest absolute Gasteiger partial charge is 0.269 e. The van der Waals surface area contributed by atoms with Crippen LogP contribution >= 0.6 is 0 Å². The van der Waals surface area contributed by atoms with E-state index in [1.54, 1.807) is 6.20 Å². The highest BCUT2D eigenvalue weighted by Gasteiger charge is 2.41. The second-order valence-corrected chi connectivity index (χ2v) is 7.14. The van der Waals surface area contributed by atoms with Crippen LogP contribution in [0.1, 0.15) is 47.1 Å². The van der Waals surface area contributed by atoms with Crippen LogP contribution in [0.3, 0.4) is 0 Å². The van der Waals surface area contributed by atoms with Crippen LogP contribution in [0, 0.1) is 0 Å². The summed E-state index contributed by atoms with van der Waals surface area (Å²) in [5, 5.41) is 7.63. The fraction of sp³-hybridized carbons (Fsp3) is 0.350. The standard InChI is InChI=1S/C20H21N5O/c26-20(18-12-21-19-8-4-5-9-24(18)19)23-17-10-16(17)14-11-22-25(13-14)15-6-2-1-3-7-15/h1-3,6-7,11-13,16-17H,4-5,8-10H2,(H,23,26)/t16-,17+/m0/s1. The molecule has 132 valence electrons. The number of aryl methyl sites for hydroxylation is 1. The van der Waals surface area contributed by atoms with Gasteiger partial charge in [0.15, 0.2) is 0 Å². The molecule has 1 N–H and O–H groups in total. The molecule has 0 bridgehead atoms. The van der Waals surface area contributed by atoms with Gasteiger partial charge in [-0.3, -0.25) is 4.79 Å². The molecule has 2 atom stereocenters. The molecule has 1 aromatic carbocycles. The number of nitrogens with one attached hydrogen (secondary N) is 1. The predicted molar refractivity (Wildman–Crippen MR) is 97.3 cm³/mol. The van der Waals surface area contributed by atoms with Crippen molar-refractivity contribution in [2.24, 2.45) is 0 Å². The summed E-state index contributed by atoms with van der Waals surface area (Å²) in [6.45, 7) is 0.899. The van der Waals surface area contributed by atoms with E-state index in [4.69, 9.17) is 0 Å². The molecule has 6 nitrogen and oxygen atoms in total. The Morgan fingerprint density at radius 3 is 2.92 bits per heavy atom. The van der Waals surface area contributed by atoms with Crippen LogP contribution in [-0.2, 0) is 13.0 Å². The van der Waals surface area contributed by atoms with E-state index >= 15 is 0 Å². The lowest BCUT2D eigenvalue weighted by molar-refractivity contribution is 0.0940. The highest BCUT2D eigenvalue weighted by atomic mass is 16.2. The number of aromatic nitrogens is 4. The van der Waals surface area contributed by atoms with Gasteiger partial charge in [0.1, 0.15) is 11.5 Å². The number of rotatable bonds is 4. The predicted octanol–water partition coefficient (Wildman–Crippen LogP) is 2.69. The van der Waals surface area contributed by atoms with Crippen molar-refractivity contribution in [1.29, 1.82) is 0 Å². The number of hydrogen-bond acceptors (Lipinski definition) is 3. The first-order valence-corrected chi connectivity index (χ1v) is 9.25.